The molecule has 3 rings (SSSR count). The molecule has 1 aliphatic heterocycles. The van der Waals surface area contributed by atoms with Gasteiger partial charge in [-0.15, -0.1) is 0 Å². The lowest BCUT2D eigenvalue weighted by Gasteiger charge is -2.34. The molecule has 0 aliphatic carbocycles. The Kier molecular flexibility index (Phi) is 6.90. The Morgan fingerprint density at radius 2 is 1.48 bits per heavy atom. The van der Waals surface area contributed by atoms with Crippen LogP contribution >= 0.6 is 0 Å². The molecule has 154 valence electrons. The normalized spacial score (nSPS) is 19.0. The Morgan fingerprint density at radius 3 is 2.00 bits per heavy atom. The average molecular weight is 397 g/mol. The Bertz CT molecular complexity index is 837. The van der Waals surface area contributed by atoms with Gasteiger partial charge in [-0.25, -0.2) is 0 Å². The second kappa shape index (κ2) is 9.58. The maximum absolute atomic E-state index is 13.1. The molecular formula is C23H27NO5. The van der Waals surface area contributed by atoms with Crippen LogP contribution in [0.4, 0.5) is 0 Å². The first kappa shape index (κ1) is 20.9. The highest BCUT2D eigenvalue weighted by atomic mass is 16.5. The summed E-state index contributed by atoms with van der Waals surface area (Å²) in [6.07, 6.45) is 0.596. The fourth-order valence-corrected chi connectivity index (χ4v) is 3.37. The molecule has 2 aromatic carbocycles. The van der Waals surface area contributed by atoms with Crippen LogP contribution in [0.15, 0.2) is 72.2 Å². The number of hydrogen-bond donors (Lipinski definition) is 2. The number of aliphatic hydroxyl groups is 2. The van der Waals surface area contributed by atoms with Crippen molar-refractivity contribution in [2.24, 2.45) is 0 Å². The fourth-order valence-electron chi connectivity index (χ4n) is 3.37. The van der Waals surface area contributed by atoms with Crippen LogP contribution < -0.4 is 0 Å². The molecule has 0 aromatic heterocycles. The van der Waals surface area contributed by atoms with E-state index >= 15 is 0 Å². The second-order valence-electron chi connectivity index (χ2n) is 6.95. The predicted molar refractivity (Wildman–Crippen MR) is 108 cm³/mol. The van der Waals surface area contributed by atoms with E-state index in [-0.39, 0.29) is 37.8 Å². The zero-order valence-corrected chi connectivity index (χ0v) is 16.6. The van der Waals surface area contributed by atoms with E-state index in [9.17, 15) is 15.0 Å². The highest BCUT2D eigenvalue weighted by Gasteiger charge is 2.53. The lowest BCUT2D eigenvalue weighted by molar-refractivity contribution is -0.152. The average Bonchev–Trinajstić information content (AvgIpc) is 2.93. The van der Waals surface area contributed by atoms with Crippen LogP contribution in [0.2, 0.25) is 0 Å². The predicted octanol–water partition coefficient (Wildman–Crippen LogP) is 2.95. The van der Waals surface area contributed by atoms with Crippen LogP contribution in [0.5, 0.6) is 0 Å². The highest BCUT2D eigenvalue weighted by molar-refractivity contribution is 5.96. The molecule has 1 aliphatic rings. The van der Waals surface area contributed by atoms with Crippen molar-refractivity contribution in [3.8, 4) is 0 Å². The number of amides is 1. The van der Waals surface area contributed by atoms with Crippen LogP contribution in [-0.4, -0.2) is 39.9 Å². The van der Waals surface area contributed by atoms with Gasteiger partial charge in [0.1, 0.15) is 13.2 Å². The number of nitrogens with zero attached hydrogens (tertiary/aromatic N) is 1. The van der Waals surface area contributed by atoms with E-state index in [2.05, 4.69) is 0 Å². The quantitative estimate of drug-likeness (QED) is 0.644. The highest BCUT2D eigenvalue weighted by Crippen LogP contribution is 2.38. The summed E-state index contributed by atoms with van der Waals surface area (Å²) in [5.74, 6) is -0.374. The van der Waals surface area contributed by atoms with Gasteiger partial charge in [0.2, 0.25) is 11.5 Å². The first-order chi connectivity index (χ1) is 14.1. The molecular weight excluding hydrogens is 370 g/mol. The third kappa shape index (κ3) is 4.60. The van der Waals surface area contributed by atoms with Gasteiger partial charge in [-0.1, -0.05) is 67.6 Å². The Hall–Kier alpha value is -2.83. The van der Waals surface area contributed by atoms with Gasteiger partial charge in [0.25, 0.3) is 5.91 Å². The maximum Gasteiger partial charge on any atom is 0.295 e. The summed E-state index contributed by atoms with van der Waals surface area (Å²) >= 11 is 0. The summed E-state index contributed by atoms with van der Waals surface area (Å²) in [6.45, 7) is 2.30. The number of aliphatic hydroxyl groups excluding tert-OH is 1. The largest absolute Gasteiger partial charge is 0.484 e. The molecule has 2 N–H and O–H groups in total. The molecule has 0 spiro atoms. The molecule has 1 heterocycles. The molecule has 0 fully saturated rings. The molecule has 2 aromatic rings. The summed E-state index contributed by atoms with van der Waals surface area (Å²) in [5, 5.41) is 20.9. The topological polar surface area (TPSA) is 79.2 Å². The van der Waals surface area contributed by atoms with Crippen LogP contribution in [0.3, 0.4) is 0 Å². The van der Waals surface area contributed by atoms with E-state index in [0.29, 0.717) is 13.0 Å². The zero-order chi connectivity index (χ0) is 20.7. The summed E-state index contributed by atoms with van der Waals surface area (Å²) in [7, 11) is 0. The molecule has 6 heteroatoms. The van der Waals surface area contributed by atoms with Crippen molar-refractivity contribution in [3.05, 3.63) is 83.3 Å². The van der Waals surface area contributed by atoms with Gasteiger partial charge in [0.15, 0.2) is 5.76 Å². The summed E-state index contributed by atoms with van der Waals surface area (Å²) in [5.41, 5.74) is 0.0628. The van der Waals surface area contributed by atoms with E-state index < -0.39 is 11.6 Å². The van der Waals surface area contributed by atoms with Crippen LogP contribution in [0.1, 0.15) is 30.9 Å². The Morgan fingerprint density at radius 1 is 0.931 bits per heavy atom. The van der Waals surface area contributed by atoms with E-state index in [1.54, 1.807) is 0 Å². The van der Waals surface area contributed by atoms with Crippen molar-refractivity contribution >= 4 is 5.91 Å². The number of hydrogen-bond acceptors (Lipinski definition) is 5. The zero-order valence-electron chi connectivity index (χ0n) is 16.6. The molecule has 0 saturated carbocycles. The second-order valence-corrected chi connectivity index (χ2v) is 6.95. The third-order valence-corrected chi connectivity index (χ3v) is 4.82. The van der Waals surface area contributed by atoms with Gasteiger partial charge >= 0.3 is 0 Å². The van der Waals surface area contributed by atoms with Gasteiger partial charge in [0, 0.05) is 19.6 Å². The standard InChI is InChI=1S/C23H27NO5/c1-2-14-24-22(26)20(28-16-18-9-5-3-6-10-18)21(23(24,27)13-15-25)29-17-19-11-7-4-8-12-19/h3-12,25,27H,2,13-17H2,1H3. The monoisotopic (exact) mass is 397 g/mol. The molecule has 29 heavy (non-hydrogen) atoms. The molecule has 0 bridgehead atoms. The lowest BCUT2D eigenvalue weighted by Crippen LogP contribution is -2.49. The molecule has 1 amide bonds. The number of carbonyl (C=O) groups is 1. The number of benzene rings is 2. The minimum Gasteiger partial charge on any atom is -0.484 e. The Balaban J connectivity index is 1.91. The molecule has 0 saturated heterocycles. The SMILES string of the molecule is CCCN1C(=O)C(OCc2ccccc2)=C(OCc2ccccc2)C1(O)CCO. The van der Waals surface area contributed by atoms with Gasteiger partial charge in [0.05, 0.1) is 0 Å². The minimum absolute atomic E-state index is 0.00539. The fraction of sp³-hybridized carbons (Fsp3) is 0.348. The van der Waals surface area contributed by atoms with Gasteiger partial charge < -0.3 is 24.6 Å². The first-order valence-corrected chi connectivity index (χ1v) is 9.83. The smallest absolute Gasteiger partial charge is 0.295 e. The number of carbonyl (C=O) groups excluding carboxylic acids is 1. The summed E-state index contributed by atoms with van der Waals surface area (Å²) < 4.78 is 11.8. The summed E-state index contributed by atoms with van der Waals surface area (Å²) in [4.78, 5) is 14.4. The van der Waals surface area contributed by atoms with Crippen molar-refractivity contribution in [3.63, 3.8) is 0 Å². The van der Waals surface area contributed by atoms with E-state index in [1.807, 2.05) is 67.6 Å². The van der Waals surface area contributed by atoms with E-state index in [0.717, 1.165) is 11.1 Å². The molecule has 1 atom stereocenters. The molecule has 1 unspecified atom stereocenters. The minimum atomic E-state index is -1.73. The summed E-state index contributed by atoms with van der Waals surface area (Å²) in [6, 6.07) is 19.0. The van der Waals surface area contributed by atoms with Gasteiger partial charge in [-0.2, -0.15) is 0 Å². The maximum atomic E-state index is 13.1. The van der Waals surface area contributed by atoms with Crippen molar-refractivity contribution < 1.29 is 24.5 Å². The van der Waals surface area contributed by atoms with Crippen molar-refractivity contribution in [2.75, 3.05) is 13.2 Å². The van der Waals surface area contributed by atoms with E-state index in [4.69, 9.17) is 9.47 Å². The number of ether oxygens (including phenoxy) is 2. The molecule has 0 radical (unpaired) electrons. The van der Waals surface area contributed by atoms with Crippen LogP contribution in [0, 0.1) is 0 Å². The van der Waals surface area contributed by atoms with E-state index in [1.165, 1.54) is 4.90 Å². The third-order valence-electron chi connectivity index (χ3n) is 4.82. The molecule has 6 nitrogen and oxygen atoms in total. The van der Waals surface area contributed by atoms with Crippen molar-refractivity contribution in [1.29, 1.82) is 0 Å². The number of rotatable bonds is 10. The van der Waals surface area contributed by atoms with Crippen LogP contribution in [-0.2, 0) is 27.5 Å². The van der Waals surface area contributed by atoms with Crippen molar-refractivity contribution in [2.45, 2.75) is 38.7 Å². The van der Waals surface area contributed by atoms with Crippen LogP contribution in [0.25, 0.3) is 0 Å². The Labute approximate surface area is 171 Å². The first-order valence-electron chi connectivity index (χ1n) is 9.83. The lowest BCUT2D eigenvalue weighted by atomic mass is 10.1. The van der Waals surface area contributed by atoms with Gasteiger partial charge in [-0.05, 0) is 17.5 Å². The van der Waals surface area contributed by atoms with Crippen molar-refractivity contribution in [1.82, 2.24) is 4.90 Å². The van der Waals surface area contributed by atoms with Gasteiger partial charge in [-0.3, -0.25) is 4.79 Å².